The van der Waals surface area contributed by atoms with Crippen LogP contribution in [0.25, 0.3) is 0 Å². The fourth-order valence-electron chi connectivity index (χ4n) is 3.59. The van der Waals surface area contributed by atoms with E-state index in [0.29, 0.717) is 38.4 Å². The zero-order chi connectivity index (χ0) is 18.6. The molecule has 1 saturated heterocycles. The summed E-state index contributed by atoms with van der Waals surface area (Å²) in [7, 11) is 0. The Morgan fingerprint density at radius 3 is 2.74 bits per heavy atom. The monoisotopic (exact) mass is 368 g/mol. The third-order valence-electron chi connectivity index (χ3n) is 5.10. The molecular formula is C19H24N6O2. The Bertz CT molecular complexity index is 813. The summed E-state index contributed by atoms with van der Waals surface area (Å²) in [5.74, 6) is -0.0667. The van der Waals surface area contributed by atoms with Gasteiger partial charge in [-0.15, -0.1) is 0 Å². The molecule has 0 bridgehead atoms. The molecule has 0 aliphatic carbocycles. The highest BCUT2D eigenvalue weighted by molar-refractivity contribution is 5.92. The maximum atomic E-state index is 12.5. The lowest BCUT2D eigenvalue weighted by molar-refractivity contribution is -0.133. The number of aromatic nitrogens is 3. The van der Waals surface area contributed by atoms with Crippen LogP contribution in [0.1, 0.15) is 34.7 Å². The van der Waals surface area contributed by atoms with Crippen LogP contribution in [0, 0.1) is 0 Å². The van der Waals surface area contributed by atoms with Gasteiger partial charge in [0.05, 0.1) is 37.6 Å². The minimum absolute atomic E-state index is 0.158. The molecule has 27 heavy (non-hydrogen) atoms. The lowest BCUT2D eigenvalue weighted by Gasteiger charge is -2.29. The van der Waals surface area contributed by atoms with Gasteiger partial charge >= 0.3 is 0 Å². The zero-order valence-corrected chi connectivity index (χ0v) is 15.3. The number of fused-ring (bicyclic) bond motifs is 1. The van der Waals surface area contributed by atoms with Crippen LogP contribution >= 0.6 is 0 Å². The van der Waals surface area contributed by atoms with Crippen molar-refractivity contribution in [2.75, 3.05) is 26.2 Å². The van der Waals surface area contributed by atoms with Gasteiger partial charge in [0, 0.05) is 12.7 Å². The normalized spacial score (nSPS) is 17.0. The molecule has 0 atom stereocenters. The van der Waals surface area contributed by atoms with Crippen molar-refractivity contribution in [1.29, 1.82) is 0 Å². The smallest absolute Gasteiger partial charge is 0.272 e. The van der Waals surface area contributed by atoms with E-state index < -0.39 is 0 Å². The zero-order valence-electron chi connectivity index (χ0n) is 15.3. The van der Waals surface area contributed by atoms with Crippen LogP contribution in [0.15, 0.2) is 30.5 Å². The molecule has 0 spiro atoms. The van der Waals surface area contributed by atoms with Gasteiger partial charge in [0.2, 0.25) is 5.91 Å². The standard InChI is InChI=1S/C19H24N6O2/c26-18(14-23-7-3-4-8-23)24-9-10-25-16(13-24)11-17(22-25)19(27)21-12-15-5-1-2-6-20-15/h1-2,5-6,11H,3-4,7-10,12-14H2,(H,21,27). The van der Waals surface area contributed by atoms with Gasteiger partial charge in [0.25, 0.3) is 5.91 Å². The fourth-order valence-corrected chi connectivity index (χ4v) is 3.59. The number of amides is 2. The minimum atomic E-state index is -0.225. The van der Waals surface area contributed by atoms with Crippen molar-refractivity contribution in [2.45, 2.75) is 32.5 Å². The summed E-state index contributed by atoms with van der Waals surface area (Å²) in [6, 6.07) is 7.37. The van der Waals surface area contributed by atoms with E-state index in [2.05, 4.69) is 20.3 Å². The molecule has 142 valence electrons. The number of hydrogen-bond acceptors (Lipinski definition) is 5. The average molecular weight is 368 g/mol. The summed E-state index contributed by atoms with van der Waals surface area (Å²) in [5, 5.41) is 7.24. The van der Waals surface area contributed by atoms with Gasteiger partial charge in [-0.3, -0.25) is 24.2 Å². The lowest BCUT2D eigenvalue weighted by atomic mass is 10.2. The molecule has 0 aromatic carbocycles. The second-order valence-electron chi connectivity index (χ2n) is 7.05. The quantitative estimate of drug-likeness (QED) is 0.838. The van der Waals surface area contributed by atoms with Crippen LogP contribution in [0.5, 0.6) is 0 Å². The number of pyridine rings is 1. The second-order valence-corrected chi connectivity index (χ2v) is 7.05. The molecule has 2 aromatic rings. The number of carbonyl (C=O) groups is 2. The van der Waals surface area contributed by atoms with Gasteiger partial charge in [-0.2, -0.15) is 5.10 Å². The van der Waals surface area contributed by atoms with Gasteiger partial charge in [-0.25, -0.2) is 0 Å². The Morgan fingerprint density at radius 1 is 1.11 bits per heavy atom. The van der Waals surface area contributed by atoms with E-state index >= 15 is 0 Å². The topological polar surface area (TPSA) is 83.4 Å². The van der Waals surface area contributed by atoms with Crippen LogP contribution in [0.4, 0.5) is 0 Å². The molecule has 2 aromatic heterocycles. The highest BCUT2D eigenvalue weighted by atomic mass is 16.2. The molecular weight excluding hydrogens is 344 g/mol. The molecule has 4 rings (SSSR count). The van der Waals surface area contributed by atoms with Gasteiger partial charge in [-0.1, -0.05) is 6.07 Å². The Hall–Kier alpha value is -2.74. The van der Waals surface area contributed by atoms with Crippen molar-refractivity contribution < 1.29 is 9.59 Å². The van der Waals surface area contributed by atoms with Crippen molar-refractivity contribution in [2.24, 2.45) is 0 Å². The molecule has 0 saturated carbocycles. The number of likely N-dealkylation sites (tertiary alicyclic amines) is 1. The molecule has 0 radical (unpaired) electrons. The Kier molecular flexibility index (Phi) is 5.15. The Labute approximate surface area is 158 Å². The van der Waals surface area contributed by atoms with E-state index in [1.807, 2.05) is 27.8 Å². The third kappa shape index (κ3) is 4.16. The number of nitrogens with one attached hydrogen (secondary N) is 1. The molecule has 8 heteroatoms. The van der Waals surface area contributed by atoms with Gasteiger partial charge in [-0.05, 0) is 44.1 Å². The highest BCUT2D eigenvalue weighted by Gasteiger charge is 2.25. The summed E-state index contributed by atoms with van der Waals surface area (Å²) in [6.45, 7) is 4.64. The lowest BCUT2D eigenvalue weighted by Crippen LogP contribution is -2.43. The first-order valence-corrected chi connectivity index (χ1v) is 9.44. The molecule has 1 N–H and O–H groups in total. The number of hydrogen-bond donors (Lipinski definition) is 1. The Morgan fingerprint density at radius 2 is 1.96 bits per heavy atom. The number of carbonyl (C=O) groups excluding carboxylic acids is 2. The first-order valence-electron chi connectivity index (χ1n) is 9.44. The molecule has 1 fully saturated rings. The molecule has 8 nitrogen and oxygen atoms in total. The van der Waals surface area contributed by atoms with Crippen molar-refractivity contribution in [3.05, 3.63) is 47.5 Å². The van der Waals surface area contributed by atoms with Gasteiger partial charge < -0.3 is 10.2 Å². The van der Waals surface area contributed by atoms with Crippen LogP contribution in [-0.2, 0) is 24.4 Å². The summed E-state index contributed by atoms with van der Waals surface area (Å²) in [4.78, 5) is 33.2. The van der Waals surface area contributed by atoms with E-state index in [4.69, 9.17) is 0 Å². The van der Waals surface area contributed by atoms with Crippen molar-refractivity contribution in [1.82, 2.24) is 29.9 Å². The van der Waals surface area contributed by atoms with Crippen LogP contribution in [0.3, 0.4) is 0 Å². The molecule has 2 aliphatic heterocycles. The summed E-state index contributed by atoms with van der Waals surface area (Å²) in [5.41, 5.74) is 2.09. The SMILES string of the molecule is O=C(NCc1ccccn1)c1cc2n(n1)CCN(C(=O)CN1CCCC1)C2. The summed E-state index contributed by atoms with van der Waals surface area (Å²) < 4.78 is 1.83. The van der Waals surface area contributed by atoms with Gasteiger partial charge in [0.15, 0.2) is 5.69 Å². The molecule has 2 aliphatic rings. The first kappa shape index (κ1) is 17.7. The highest BCUT2D eigenvalue weighted by Crippen LogP contribution is 2.15. The largest absolute Gasteiger partial charge is 0.345 e. The maximum Gasteiger partial charge on any atom is 0.272 e. The second kappa shape index (κ2) is 7.87. The van der Waals surface area contributed by atoms with E-state index in [9.17, 15) is 9.59 Å². The minimum Gasteiger partial charge on any atom is -0.345 e. The molecule has 0 unspecified atom stereocenters. The van der Waals surface area contributed by atoms with E-state index in [0.717, 1.165) is 24.5 Å². The predicted octanol–water partition coefficient (Wildman–Crippen LogP) is 0.646. The molecule has 2 amide bonds. The molecule has 4 heterocycles. The fraction of sp³-hybridized carbons (Fsp3) is 0.474. The van der Waals surface area contributed by atoms with Gasteiger partial charge in [0.1, 0.15) is 0 Å². The van der Waals surface area contributed by atoms with Crippen LogP contribution in [-0.4, -0.2) is 62.6 Å². The maximum absolute atomic E-state index is 12.5. The third-order valence-corrected chi connectivity index (χ3v) is 5.10. The summed E-state index contributed by atoms with van der Waals surface area (Å²) in [6.07, 6.45) is 4.05. The predicted molar refractivity (Wildman–Crippen MR) is 98.7 cm³/mol. The average Bonchev–Trinajstić information content (AvgIpc) is 3.35. The van der Waals surface area contributed by atoms with E-state index in [-0.39, 0.29) is 11.8 Å². The van der Waals surface area contributed by atoms with E-state index in [1.165, 1.54) is 12.8 Å². The number of rotatable bonds is 5. The van der Waals surface area contributed by atoms with Crippen molar-refractivity contribution in [3.63, 3.8) is 0 Å². The van der Waals surface area contributed by atoms with Crippen LogP contribution in [0.2, 0.25) is 0 Å². The Balaban J connectivity index is 1.35. The van der Waals surface area contributed by atoms with Crippen LogP contribution < -0.4 is 5.32 Å². The number of nitrogens with zero attached hydrogens (tertiary/aromatic N) is 5. The van der Waals surface area contributed by atoms with Crippen molar-refractivity contribution >= 4 is 11.8 Å². The van der Waals surface area contributed by atoms with Crippen molar-refractivity contribution in [3.8, 4) is 0 Å². The van der Waals surface area contributed by atoms with E-state index in [1.54, 1.807) is 12.3 Å². The summed E-state index contributed by atoms with van der Waals surface area (Å²) >= 11 is 0. The first-order chi connectivity index (χ1) is 13.2.